The molecule has 10 heteroatoms. The minimum absolute atomic E-state index is 0.195. The smallest absolute Gasteiger partial charge is 0.410 e. The number of aromatic nitrogens is 2. The van der Waals surface area contributed by atoms with Gasteiger partial charge < -0.3 is 24.2 Å². The van der Waals surface area contributed by atoms with E-state index in [4.69, 9.17) is 26.1 Å². The van der Waals surface area contributed by atoms with Crippen molar-refractivity contribution in [3.8, 4) is 11.8 Å². The number of nitrogens with zero attached hydrogens (tertiary/aromatic N) is 6. The fourth-order valence-corrected chi connectivity index (χ4v) is 7.12. The van der Waals surface area contributed by atoms with Gasteiger partial charge in [0.25, 0.3) is 0 Å². The van der Waals surface area contributed by atoms with Crippen LogP contribution >= 0.6 is 11.6 Å². The van der Waals surface area contributed by atoms with Crippen LogP contribution in [0.4, 0.5) is 10.7 Å². The zero-order valence-corrected chi connectivity index (χ0v) is 28.9. The number of ether oxygens (including phenoxy) is 2. The average Bonchev–Trinajstić information content (AvgIpc) is 3.00. The van der Waals surface area contributed by atoms with Gasteiger partial charge in [-0.25, -0.2) is 14.8 Å². The van der Waals surface area contributed by atoms with Crippen molar-refractivity contribution in [1.82, 2.24) is 19.8 Å². The summed E-state index contributed by atoms with van der Waals surface area (Å²) in [5.74, 6) is 2.07. The number of piperidine rings is 1. The van der Waals surface area contributed by atoms with Crippen molar-refractivity contribution in [3.05, 3.63) is 82.1 Å². The van der Waals surface area contributed by atoms with E-state index in [0.29, 0.717) is 28.5 Å². The van der Waals surface area contributed by atoms with Crippen LogP contribution in [0.5, 0.6) is 5.75 Å². The topological polar surface area (TPSA) is 94.8 Å². The number of hydrogen-bond donors (Lipinski definition) is 0. The molecule has 0 N–H and O–H groups in total. The van der Waals surface area contributed by atoms with E-state index < -0.39 is 5.60 Å². The van der Waals surface area contributed by atoms with Crippen LogP contribution in [0.3, 0.4) is 0 Å². The van der Waals surface area contributed by atoms with E-state index in [2.05, 4.69) is 46.8 Å². The van der Waals surface area contributed by atoms with Crippen molar-refractivity contribution in [2.45, 2.75) is 65.1 Å². The van der Waals surface area contributed by atoms with E-state index in [9.17, 15) is 10.1 Å². The summed E-state index contributed by atoms with van der Waals surface area (Å²) >= 11 is 6.28. The van der Waals surface area contributed by atoms with Crippen molar-refractivity contribution in [3.63, 3.8) is 0 Å². The Kier molecular flexibility index (Phi) is 9.12. The maximum atomic E-state index is 12.2. The Labute approximate surface area is 283 Å². The average molecular weight is 657 g/mol. The Morgan fingerprint density at radius 3 is 2.38 bits per heavy atom. The number of carbonyl (C=O) groups excluding carboxylic acids is 1. The van der Waals surface area contributed by atoms with Crippen molar-refractivity contribution in [2.75, 3.05) is 50.7 Å². The minimum atomic E-state index is -0.447. The third kappa shape index (κ3) is 7.66. The second-order valence-electron chi connectivity index (χ2n) is 15.0. The second-order valence-corrected chi connectivity index (χ2v) is 15.5. The highest BCUT2D eigenvalue weighted by molar-refractivity contribution is 6.30. The molecule has 0 atom stereocenters. The second kappa shape index (κ2) is 13.0. The van der Waals surface area contributed by atoms with Gasteiger partial charge in [0, 0.05) is 60.7 Å². The van der Waals surface area contributed by atoms with Crippen molar-refractivity contribution in [2.24, 2.45) is 11.3 Å². The van der Waals surface area contributed by atoms with E-state index in [-0.39, 0.29) is 11.5 Å². The van der Waals surface area contributed by atoms with Crippen molar-refractivity contribution >= 4 is 23.6 Å². The highest BCUT2D eigenvalue weighted by Gasteiger charge is 2.46. The fraction of sp³-hybridized carbons (Fsp3) is 0.514. The van der Waals surface area contributed by atoms with Crippen molar-refractivity contribution < 1.29 is 14.3 Å². The Hall–Kier alpha value is -3.87. The molecule has 0 bridgehead atoms. The number of rotatable bonds is 8. The van der Waals surface area contributed by atoms with Gasteiger partial charge in [-0.15, -0.1) is 0 Å². The first-order chi connectivity index (χ1) is 22.3. The van der Waals surface area contributed by atoms with E-state index in [1.54, 1.807) is 6.07 Å². The summed E-state index contributed by atoms with van der Waals surface area (Å²) in [6.45, 7) is 17.1. The molecule has 248 valence electrons. The summed E-state index contributed by atoms with van der Waals surface area (Å²) in [4.78, 5) is 28.3. The zero-order valence-electron chi connectivity index (χ0n) is 28.1. The van der Waals surface area contributed by atoms with Gasteiger partial charge in [-0.05, 0) is 94.2 Å². The molecule has 0 radical (unpaired) electrons. The number of anilines is 1. The lowest BCUT2D eigenvalue weighted by atomic mass is 9.72. The van der Waals surface area contributed by atoms with Crippen LogP contribution in [0.2, 0.25) is 5.02 Å². The summed E-state index contributed by atoms with van der Waals surface area (Å²) < 4.78 is 11.6. The molecule has 1 aromatic heterocycles. The number of nitriles is 1. The van der Waals surface area contributed by atoms with Crippen LogP contribution in [0.15, 0.2) is 54.7 Å². The van der Waals surface area contributed by atoms with Crippen LogP contribution in [0.1, 0.15) is 69.8 Å². The molecule has 3 saturated heterocycles. The third-order valence-electron chi connectivity index (χ3n) is 9.79. The lowest BCUT2D eigenvalue weighted by molar-refractivity contribution is -0.0118. The first-order valence-electron chi connectivity index (χ1n) is 16.5. The predicted octanol–water partition coefficient (Wildman–Crippen LogP) is 6.68. The quantitative estimate of drug-likeness (QED) is 0.265. The SMILES string of the molecule is CC(C)(C)OC(=O)N1CC(CN2CCC3(CC2)CN(c2nccc(COc4ccc(C(C)(C)c5cc(Cl)cc(C#N)c5)cc4)n2)C3)C1. The molecule has 1 spiro atoms. The predicted molar refractivity (Wildman–Crippen MR) is 183 cm³/mol. The standard InChI is InChI=1S/C37H45ClN6O3/c1-35(2,3)47-34(45)43-21-27(22-43)20-42-14-11-37(12-15-42)24-44(25-37)33-40-13-10-31(41-33)23-46-32-8-6-28(7-9-32)36(4,5)29-16-26(19-39)17-30(38)18-29/h6-10,13,16-18,27H,11-12,14-15,20-25H2,1-5H3. The summed E-state index contributed by atoms with van der Waals surface area (Å²) in [6.07, 6.45) is 3.98. The van der Waals surface area contributed by atoms with Crippen LogP contribution in [-0.2, 0) is 16.8 Å². The number of amides is 1. The van der Waals surface area contributed by atoms with Gasteiger partial charge in [0.2, 0.25) is 5.95 Å². The Balaban J connectivity index is 0.952. The first kappa shape index (κ1) is 33.0. The molecular formula is C37H45ClN6O3. The maximum absolute atomic E-state index is 12.2. The van der Waals surface area contributed by atoms with Gasteiger partial charge in [-0.1, -0.05) is 37.6 Å². The number of hydrogen-bond acceptors (Lipinski definition) is 8. The number of likely N-dealkylation sites (tertiary alicyclic amines) is 2. The summed E-state index contributed by atoms with van der Waals surface area (Å²) in [7, 11) is 0. The molecule has 9 nitrogen and oxygen atoms in total. The third-order valence-corrected chi connectivity index (χ3v) is 10.0. The van der Waals surface area contributed by atoms with Gasteiger partial charge in [-0.2, -0.15) is 5.26 Å². The van der Waals surface area contributed by atoms with Gasteiger partial charge in [0.05, 0.1) is 17.3 Å². The molecule has 3 aromatic rings. The lowest BCUT2D eigenvalue weighted by Crippen LogP contribution is -2.62. The van der Waals surface area contributed by atoms with E-state index in [0.717, 1.165) is 74.3 Å². The highest BCUT2D eigenvalue weighted by atomic mass is 35.5. The Morgan fingerprint density at radius 2 is 1.72 bits per heavy atom. The lowest BCUT2D eigenvalue weighted by Gasteiger charge is -2.54. The molecule has 1 amide bonds. The number of carbonyl (C=O) groups is 1. The number of halogens is 1. The van der Waals surface area contributed by atoms with Gasteiger partial charge in [0.1, 0.15) is 18.0 Å². The van der Waals surface area contributed by atoms with E-state index >= 15 is 0 Å². The van der Waals surface area contributed by atoms with Gasteiger partial charge >= 0.3 is 6.09 Å². The molecule has 3 aliphatic rings. The molecule has 0 saturated carbocycles. The van der Waals surface area contributed by atoms with Crippen LogP contribution in [0.25, 0.3) is 0 Å². The molecule has 3 aliphatic heterocycles. The molecule has 3 fully saturated rings. The largest absolute Gasteiger partial charge is 0.487 e. The van der Waals surface area contributed by atoms with Crippen molar-refractivity contribution in [1.29, 1.82) is 5.26 Å². The van der Waals surface area contributed by atoms with E-state index in [1.807, 2.05) is 62.2 Å². The van der Waals surface area contributed by atoms with Gasteiger partial charge in [-0.3, -0.25) is 0 Å². The molecule has 0 unspecified atom stereocenters. The van der Waals surface area contributed by atoms with Crippen LogP contribution in [-0.4, -0.2) is 77.3 Å². The monoisotopic (exact) mass is 656 g/mol. The fourth-order valence-electron chi connectivity index (χ4n) is 6.88. The summed E-state index contributed by atoms with van der Waals surface area (Å²) in [5, 5.41) is 9.93. The molecule has 2 aromatic carbocycles. The molecule has 47 heavy (non-hydrogen) atoms. The molecule has 6 rings (SSSR count). The highest BCUT2D eigenvalue weighted by Crippen LogP contribution is 2.42. The Bertz CT molecular complexity index is 1620. The summed E-state index contributed by atoms with van der Waals surface area (Å²) in [6, 6.07) is 17.7. The van der Waals surface area contributed by atoms with Crippen LogP contribution < -0.4 is 9.64 Å². The Morgan fingerprint density at radius 1 is 1.02 bits per heavy atom. The number of benzene rings is 2. The molecule has 0 aliphatic carbocycles. The van der Waals surface area contributed by atoms with Crippen LogP contribution in [0, 0.1) is 22.7 Å². The summed E-state index contributed by atoms with van der Waals surface area (Å²) in [5.41, 5.74) is 3.05. The minimum Gasteiger partial charge on any atom is -0.487 e. The van der Waals surface area contributed by atoms with E-state index in [1.165, 1.54) is 12.8 Å². The first-order valence-corrected chi connectivity index (χ1v) is 16.9. The maximum Gasteiger partial charge on any atom is 0.410 e. The molecular weight excluding hydrogens is 612 g/mol. The zero-order chi connectivity index (χ0) is 33.4. The molecule has 4 heterocycles. The normalized spacial score (nSPS) is 18.3. The van der Waals surface area contributed by atoms with Gasteiger partial charge in [0.15, 0.2) is 0 Å².